The Balaban J connectivity index is 1.50. The molecule has 21 heteroatoms. The number of ether oxygens (including phenoxy) is 3. The summed E-state index contributed by atoms with van der Waals surface area (Å²) in [5.74, 6) is -0.384. The van der Waals surface area contributed by atoms with Gasteiger partial charge in [-0.05, 0) is 80.7 Å². The van der Waals surface area contributed by atoms with Crippen LogP contribution in [0.4, 0.5) is 5.82 Å². The smallest absolute Gasteiger partial charge is 0.322 e. The van der Waals surface area contributed by atoms with E-state index in [4.69, 9.17) is 67.9 Å². The molecule has 2 aromatic carbocycles. The minimum absolute atomic E-state index is 0.0275. The molecular formula is C36H36B4ClN9O6S. The molecule has 6 N–H and O–H groups in total. The van der Waals surface area contributed by atoms with Gasteiger partial charge in [0.1, 0.15) is 53.8 Å². The molecule has 0 aliphatic heterocycles. The van der Waals surface area contributed by atoms with Crippen LogP contribution >= 0.6 is 23.4 Å². The van der Waals surface area contributed by atoms with Crippen molar-refractivity contribution in [1.82, 2.24) is 30.9 Å². The lowest BCUT2D eigenvalue weighted by Crippen LogP contribution is -2.43. The number of nitriles is 2. The second-order valence-corrected chi connectivity index (χ2v) is 13.6. The molecule has 0 aliphatic rings. The highest BCUT2D eigenvalue weighted by molar-refractivity contribution is 7.98. The summed E-state index contributed by atoms with van der Waals surface area (Å²) in [4.78, 5) is 34.7. The third-order valence-corrected chi connectivity index (χ3v) is 9.55. The molecule has 0 amide bonds. The van der Waals surface area contributed by atoms with Crippen molar-refractivity contribution >= 4 is 73.0 Å². The number of nitrogens with two attached hydrogens (primary N) is 1. The molecule has 4 rings (SSSR count). The van der Waals surface area contributed by atoms with Crippen molar-refractivity contribution in [2.45, 2.75) is 54.6 Å². The fourth-order valence-corrected chi connectivity index (χ4v) is 6.33. The number of aromatic nitrogens is 2. The highest BCUT2D eigenvalue weighted by Gasteiger charge is 2.26. The number of anilines is 1. The number of thioether (sulfide) groups is 1. The van der Waals surface area contributed by atoms with Crippen molar-refractivity contribution in [3.8, 4) is 40.5 Å². The van der Waals surface area contributed by atoms with Crippen LogP contribution in [0.2, 0.25) is 5.02 Å². The van der Waals surface area contributed by atoms with E-state index in [1.165, 1.54) is 18.0 Å². The largest absolute Gasteiger partial charge is 0.490 e. The number of nitrogens with zero attached hydrogens (tertiary/aromatic N) is 4. The van der Waals surface area contributed by atoms with Gasteiger partial charge in [-0.2, -0.15) is 10.5 Å². The zero-order chi connectivity index (χ0) is 41.2. The van der Waals surface area contributed by atoms with Crippen LogP contribution in [0, 0.1) is 22.7 Å². The average Bonchev–Trinajstić information content (AvgIpc) is 3.70. The van der Waals surface area contributed by atoms with Crippen molar-refractivity contribution in [3.63, 3.8) is 0 Å². The van der Waals surface area contributed by atoms with Gasteiger partial charge in [-0.1, -0.05) is 35.5 Å². The van der Waals surface area contributed by atoms with Crippen molar-refractivity contribution in [2.75, 3.05) is 32.0 Å². The van der Waals surface area contributed by atoms with Crippen LogP contribution in [0.1, 0.15) is 42.5 Å². The molecule has 2 aromatic heterocycles. The highest BCUT2D eigenvalue weighted by atomic mass is 35.5. The van der Waals surface area contributed by atoms with Crippen LogP contribution in [0.25, 0.3) is 22.6 Å². The van der Waals surface area contributed by atoms with E-state index in [1.54, 1.807) is 48.5 Å². The lowest BCUT2D eigenvalue weighted by molar-refractivity contribution is -0.163. The predicted molar refractivity (Wildman–Crippen MR) is 218 cm³/mol. The first-order valence-electron chi connectivity index (χ1n) is 17.5. The number of nitrogens with one attached hydrogen (secondary N) is 4. The van der Waals surface area contributed by atoms with Crippen LogP contribution < -0.4 is 31.4 Å². The molecule has 15 nitrogen and oxygen atoms in total. The molecule has 8 radical (unpaired) electrons. The first kappa shape index (κ1) is 44.8. The zero-order valence-corrected chi connectivity index (χ0v) is 32.3. The highest BCUT2D eigenvalue weighted by Crippen LogP contribution is 2.37. The summed E-state index contributed by atoms with van der Waals surface area (Å²) in [6.45, 7) is 0.302. The van der Waals surface area contributed by atoms with Crippen molar-refractivity contribution in [3.05, 3.63) is 76.6 Å². The molecule has 0 spiro atoms. The van der Waals surface area contributed by atoms with E-state index in [0.717, 1.165) is 5.56 Å². The minimum atomic E-state index is -1.06. The monoisotopic (exact) mass is 801 g/mol. The van der Waals surface area contributed by atoms with Gasteiger partial charge in [-0.15, -0.1) is 0 Å². The Morgan fingerprint density at radius 1 is 0.860 bits per heavy atom. The number of oxazole rings is 1. The van der Waals surface area contributed by atoms with Crippen LogP contribution in [0.5, 0.6) is 5.75 Å². The molecule has 0 aliphatic carbocycles. The molecule has 3 atom stereocenters. The van der Waals surface area contributed by atoms with E-state index in [0.29, 0.717) is 77.5 Å². The second kappa shape index (κ2) is 23.3. The van der Waals surface area contributed by atoms with Gasteiger partial charge in [-0.25, -0.2) is 9.97 Å². The maximum atomic E-state index is 13.0. The van der Waals surface area contributed by atoms with Crippen molar-refractivity contribution in [1.29, 1.82) is 10.5 Å². The first-order valence-corrected chi connectivity index (χ1v) is 18.9. The molecule has 0 unspecified atom stereocenters. The lowest BCUT2D eigenvalue weighted by atomic mass is 9.97. The molecular weight excluding hydrogens is 765 g/mol. The predicted octanol–water partition coefficient (Wildman–Crippen LogP) is 2.50. The fourth-order valence-electron chi connectivity index (χ4n) is 5.33. The van der Waals surface area contributed by atoms with Crippen LogP contribution in [-0.4, -0.2) is 98.3 Å². The zero-order valence-electron chi connectivity index (χ0n) is 30.7. The molecule has 2 heterocycles. The number of esters is 2. The Morgan fingerprint density at radius 3 is 2.07 bits per heavy atom. The summed E-state index contributed by atoms with van der Waals surface area (Å²) in [6.07, 6.45) is 2.14. The second-order valence-electron chi connectivity index (χ2n) is 12.2. The number of carbonyl (C=O) groups is 2. The van der Waals surface area contributed by atoms with Crippen LogP contribution in [0.3, 0.4) is 0 Å². The number of benzene rings is 2. The van der Waals surface area contributed by atoms with Crippen LogP contribution in [-0.2, 0) is 24.8 Å². The van der Waals surface area contributed by atoms with E-state index < -0.39 is 30.1 Å². The number of nitrogen functional groups attached to an aromatic ring is 1. The number of carbonyl (C=O) groups excluding carboxylic acids is 2. The molecule has 0 bridgehead atoms. The maximum Gasteiger partial charge on any atom is 0.322 e. The summed E-state index contributed by atoms with van der Waals surface area (Å²) in [5.41, 5.74) is 8.52. The van der Waals surface area contributed by atoms with Gasteiger partial charge in [-0.3, -0.25) is 9.59 Å². The molecule has 57 heavy (non-hydrogen) atoms. The SMILES string of the molecule is [B]NCCC[C@H](N[B])C(=O)OC[C@H](COc1ccc(-c2c(C#N)c(N)nc(SCc3coc(-c4ccc(Cl)cc4)n3)c2C#N)cc1)OC(=O)[C@H](CCCN[B])N[B]. The maximum absolute atomic E-state index is 13.0. The standard InChI is InChI=1S/C36H36B4ClN9O6S/c37-45-13-1-3-29(49-39)35(51)55-19-26(56-36(52)30(50-40)4-2-14-46-38)18-53-25-11-7-21(8-12-25)31-27(15-42)32(44)48-34(28(31)16-43)57-20-24-17-54-33(47-24)22-5-9-23(41)10-6-22/h5-12,17,26,29-30,45-46,49-50H,1-4,13-14,18-20H2,(H2,44,48)/t26-,29-,30-/m0/s1. The Labute approximate surface area is 345 Å². The van der Waals surface area contributed by atoms with Gasteiger partial charge in [0.15, 0.2) is 38.0 Å². The topological polar surface area (TPSA) is 222 Å². The van der Waals surface area contributed by atoms with Crippen LogP contribution in [0.15, 0.2) is 64.2 Å². The summed E-state index contributed by atoms with van der Waals surface area (Å²) in [5, 5.41) is 31.1. The van der Waals surface area contributed by atoms with Gasteiger partial charge >= 0.3 is 11.9 Å². The molecule has 0 fully saturated rings. The Kier molecular flexibility index (Phi) is 18.3. The first-order chi connectivity index (χ1) is 27.6. The summed E-state index contributed by atoms with van der Waals surface area (Å²) in [7, 11) is 21.8. The summed E-state index contributed by atoms with van der Waals surface area (Å²) in [6, 6.07) is 16.1. The van der Waals surface area contributed by atoms with E-state index in [1.807, 2.05) is 0 Å². The number of rotatable bonds is 23. The minimum Gasteiger partial charge on any atom is -0.490 e. The lowest BCUT2D eigenvalue weighted by Gasteiger charge is -2.23. The number of hydrogen-bond donors (Lipinski definition) is 5. The quantitative estimate of drug-likeness (QED) is 0.0315. The van der Waals surface area contributed by atoms with Gasteiger partial charge < -0.3 is 45.3 Å². The van der Waals surface area contributed by atoms with E-state index in [2.05, 4.69) is 43.0 Å². The molecule has 0 saturated carbocycles. The third-order valence-electron chi connectivity index (χ3n) is 8.29. The van der Waals surface area contributed by atoms with Gasteiger partial charge in [0, 0.05) is 21.9 Å². The number of pyridine rings is 1. The van der Waals surface area contributed by atoms with Gasteiger partial charge in [0.05, 0.1) is 23.3 Å². The number of halogens is 1. The van der Waals surface area contributed by atoms with Gasteiger partial charge in [0.2, 0.25) is 5.89 Å². The van der Waals surface area contributed by atoms with Crippen molar-refractivity contribution < 1.29 is 28.2 Å². The van der Waals surface area contributed by atoms with E-state index in [9.17, 15) is 20.1 Å². The summed E-state index contributed by atoms with van der Waals surface area (Å²) >= 11 is 7.21. The number of hydrogen-bond acceptors (Lipinski definition) is 16. The van der Waals surface area contributed by atoms with Gasteiger partial charge in [0.25, 0.3) is 0 Å². The molecule has 286 valence electrons. The van der Waals surface area contributed by atoms with E-state index in [-0.39, 0.29) is 35.7 Å². The summed E-state index contributed by atoms with van der Waals surface area (Å²) < 4.78 is 22.7. The Bertz CT molecular complexity index is 2020. The van der Waals surface area contributed by atoms with Crippen molar-refractivity contribution in [2.24, 2.45) is 0 Å². The third kappa shape index (κ3) is 13.0. The Hall–Kier alpha value is -4.94. The average molecular weight is 802 g/mol. The van der Waals surface area contributed by atoms with E-state index >= 15 is 0 Å². The molecule has 0 saturated heterocycles. The Morgan fingerprint density at radius 2 is 1.47 bits per heavy atom. The normalized spacial score (nSPS) is 12.5. The fraction of sp³-hybridized carbons (Fsp3) is 0.333. The molecule has 4 aromatic rings.